The third-order valence-electron chi connectivity index (χ3n) is 3.70. The molecule has 0 radical (unpaired) electrons. The van der Waals surface area contributed by atoms with E-state index in [9.17, 15) is 18.4 Å². The SMILES string of the molecule is CC(=O)N[C@@H]1CCCN(C(=O)CSCc2cccc(F)c2F)C1. The zero-order valence-corrected chi connectivity index (χ0v) is 13.8. The fourth-order valence-electron chi connectivity index (χ4n) is 2.61. The smallest absolute Gasteiger partial charge is 0.232 e. The molecule has 126 valence electrons. The lowest BCUT2D eigenvalue weighted by Gasteiger charge is -2.33. The van der Waals surface area contributed by atoms with Gasteiger partial charge in [0.1, 0.15) is 0 Å². The largest absolute Gasteiger partial charge is 0.352 e. The number of rotatable bonds is 5. The number of likely N-dealkylation sites (tertiary alicyclic amines) is 1. The fraction of sp³-hybridized carbons (Fsp3) is 0.500. The number of nitrogens with zero attached hydrogens (tertiary/aromatic N) is 1. The van der Waals surface area contributed by atoms with Crippen molar-refractivity contribution in [3.05, 3.63) is 35.4 Å². The number of hydrogen-bond acceptors (Lipinski definition) is 3. The van der Waals surface area contributed by atoms with Crippen LogP contribution in [-0.4, -0.2) is 41.6 Å². The maximum atomic E-state index is 13.5. The van der Waals surface area contributed by atoms with Crippen molar-refractivity contribution in [1.82, 2.24) is 10.2 Å². The van der Waals surface area contributed by atoms with Gasteiger partial charge in [0.05, 0.1) is 5.75 Å². The van der Waals surface area contributed by atoms with Crippen LogP contribution in [0.3, 0.4) is 0 Å². The maximum Gasteiger partial charge on any atom is 0.232 e. The van der Waals surface area contributed by atoms with Gasteiger partial charge in [0.15, 0.2) is 11.6 Å². The highest BCUT2D eigenvalue weighted by Gasteiger charge is 2.23. The Labute approximate surface area is 138 Å². The molecule has 0 spiro atoms. The van der Waals surface area contributed by atoms with E-state index in [4.69, 9.17) is 0 Å². The molecule has 1 atom stereocenters. The third kappa shape index (κ3) is 5.20. The Hall–Kier alpha value is -1.63. The quantitative estimate of drug-likeness (QED) is 0.893. The summed E-state index contributed by atoms with van der Waals surface area (Å²) in [5.74, 6) is -1.40. The predicted molar refractivity (Wildman–Crippen MR) is 85.9 cm³/mol. The molecular weight excluding hydrogens is 322 g/mol. The molecule has 23 heavy (non-hydrogen) atoms. The van der Waals surface area contributed by atoms with Crippen molar-refractivity contribution in [1.29, 1.82) is 0 Å². The van der Waals surface area contributed by atoms with Crippen molar-refractivity contribution in [2.45, 2.75) is 31.6 Å². The fourth-order valence-corrected chi connectivity index (χ4v) is 3.51. The zero-order chi connectivity index (χ0) is 16.8. The number of carbonyl (C=O) groups is 2. The predicted octanol–water partition coefficient (Wildman–Crippen LogP) is 2.33. The molecule has 1 N–H and O–H groups in total. The molecule has 1 aromatic carbocycles. The van der Waals surface area contributed by atoms with E-state index in [-0.39, 0.29) is 34.9 Å². The van der Waals surface area contributed by atoms with E-state index in [1.54, 1.807) is 4.90 Å². The van der Waals surface area contributed by atoms with E-state index < -0.39 is 11.6 Å². The Balaban J connectivity index is 1.80. The average Bonchev–Trinajstić information content (AvgIpc) is 2.51. The van der Waals surface area contributed by atoms with Crippen LogP contribution in [0, 0.1) is 11.6 Å². The summed E-state index contributed by atoms with van der Waals surface area (Å²) < 4.78 is 26.6. The monoisotopic (exact) mass is 342 g/mol. The second-order valence-corrected chi connectivity index (χ2v) is 6.57. The number of thioether (sulfide) groups is 1. The van der Waals surface area contributed by atoms with Gasteiger partial charge in [-0.25, -0.2) is 8.78 Å². The van der Waals surface area contributed by atoms with E-state index in [1.165, 1.54) is 30.8 Å². The Kier molecular flexibility index (Phi) is 6.38. The number of benzene rings is 1. The van der Waals surface area contributed by atoms with Crippen molar-refractivity contribution in [2.24, 2.45) is 0 Å². The van der Waals surface area contributed by atoms with Crippen LogP contribution in [0.15, 0.2) is 18.2 Å². The summed E-state index contributed by atoms with van der Waals surface area (Å²) in [6, 6.07) is 4.04. The third-order valence-corrected chi connectivity index (χ3v) is 4.66. The van der Waals surface area contributed by atoms with E-state index in [0.29, 0.717) is 13.1 Å². The molecular formula is C16H20F2N2O2S. The average molecular weight is 342 g/mol. The molecule has 7 heteroatoms. The number of piperidine rings is 1. The van der Waals surface area contributed by atoms with E-state index >= 15 is 0 Å². The molecule has 1 heterocycles. The van der Waals surface area contributed by atoms with Gasteiger partial charge in [0.2, 0.25) is 11.8 Å². The Morgan fingerprint density at radius 3 is 2.91 bits per heavy atom. The summed E-state index contributed by atoms with van der Waals surface area (Å²) in [6.45, 7) is 2.64. The van der Waals surface area contributed by atoms with Crippen LogP contribution in [0.2, 0.25) is 0 Å². The molecule has 1 aromatic rings. The molecule has 0 aliphatic carbocycles. The number of hydrogen-bond donors (Lipinski definition) is 1. The summed E-state index contributed by atoms with van der Waals surface area (Å²) in [4.78, 5) is 25.0. The summed E-state index contributed by atoms with van der Waals surface area (Å²) >= 11 is 1.26. The summed E-state index contributed by atoms with van der Waals surface area (Å²) in [6.07, 6.45) is 1.71. The zero-order valence-electron chi connectivity index (χ0n) is 13.0. The minimum atomic E-state index is -0.872. The molecule has 2 rings (SSSR count). The highest BCUT2D eigenvalue weighted by Crippen LogP contribution is 2.19. The first-order valence-electron chi connectivity index (χ1n) is 7.53. The highest BCUT2D eigenvalue weighted by atomic mass is 32.2. The van der Waals surface area contributed by atoms with E-state index in [0.717, 1.165) is 18.9 Å². The van der Waals surface area contributed by atoms with Gasteiger partial charge in [-0.2, -0.15) is 0 Å². The number of amides is 2. The van der Waals surface area contributed by atoms with E-state index in [1.807, 2.05) is 0 Å². The molecule has 4 nitrogen and oxygen atoms in total. The lowest BCUT2D eigenvalue weighted by Crippen LogP contribution is -2.49. The molecule has 0 aromatic heterocycles. The topological polar surface area (TPSA) is 49.4 Å². The maximum absolute atomic E-state index is 13.5. The minimum Gasteiger partial charge on any atom is -0.352 e. The molecule has 1 fully saturated rings. The number of nitrogens with one attached hydrogen (secondary N) is 1. The normalized spacial score (nSPS) is 17.9. The first-order valence-corrected chi connectivity index (χ1v) is 8.68. The van der Waals surface area contributed by atoms with Crippen molar-refractivity contribution < 1.29 is 18.4 Å². The van der Waals surface area contributed by atoms with Gasteiger partial charge in [-0.15, -0.1) is 11.8 Å². The Morgan fingerprint density at radius 1 is 1.39 bits per heavy atom. The first kappa shape index (κ1) is 17.7. The van der Waals surface area contributed by atoms with Gasteiger partial charge in [-0.1, -0.05) is 12.1 Å². The summed E-state index contributed by atoms with van der Waals surface area (Å²) in [7, 11) is 0. The molecule has 0 saturated carbocycles. The van der Waals surface area contributed by atoms with Crippen LogP contribution in [0.4, 0.5) is 8.78 Å². The first-order chi connectivity index (χ1) is 11.0. The summed E-state index contributed by atoms with van der Waals surface area (Å²) in [5.41, 5.74) is 0.262. The lowest BCUT2D eigenvalue weighted by atomic mass is 10.1. The molecule has 0 unspecified atom stereocenters. The number of halogens is 2. The molecule has 0 bridgehead atoms. The Bertz CT molecular complexity index is 583. The van der Waals surface area contributed by atoms with Gasteiger partial charge in [0, 0.05) is 37.4 Å². The van der Waals surface area contributed by atoms with Gasteiger partial charge in [0.25, 0.3) is 0 Å². The molecule has 1 saturated heterocycles. The molecule has 1 aliphatic rings. The highest BCUT2D eigenvalue weighted by molar-refractivity contribution is 7.99. The van der Waals surface area contributed by atoms with Gasteiger partial charge in [-0.3, -0.25) is 9.59 Å². The minimum absolute atomic E-state index is 0.00383. The van der Waals surface area contributed by atoms with Gasteiger partial charge in [-0.05, 0) is 18.9 Å². The number of carbonyl (C=O) groups excluding carboxylic acids is 2. The second kappa shape index (κ2) is 8.29. The molecule has 2 amide bonds. The summed E-state index contributed by atoms with van der Waals surface area (Å²) in [5, 5.41) is 2.83. The van der Waals surface area contributed by atoms with Crippen LogP contribution >= 0.6 is 11.8 Å². The lowest BCUT2D eigenvalue weighted by molar-refractivity contribution is -0.130. The van der Waals surface area contributed by atoms with Crippen LogP contribution in [-0.2, 0) is 15.3 Å². The van der Waals surface area contributed by atoms with Crippen molar-refractivity contribution in [3.8, 4) is 0 Å². The van der Waals surface area contributed by atoms with Crippen LogP contribution in [0.25, 0.3) is 0 Å². The Morgan fingerprint density at radius 2 is 2.17 bits per heavy atom. The standard InChI is InChI=1S/C16H20F2N2O2S/c1-11(21)19-13-5-3-7-20(8-13)15(22)10-23-9-12-4-2-6-14(17)16(12)18/h2,4,6,13H,3,5,7-10H2,1H3,(H,19,21)/t13-/m1/s1. The second-order valence-electron chi connectivity index (χ2n) is 5.59. The van der Waals surface area contributed by atoms with Gasteiger partial charge < -0.3 is 10.2 Å². The van der Waals surface area contributed by atoms with Crippen LogP contribution < -0.4 is 5.32 Å². The van der Waals surface area contributed by atoms with Gasteiger partial charge >= 0.3 is 0 Å². The molecule has 1 aliphatic heterocycles. The van der Waals surface area contributed by atoms with Crippen LogP contribution in [0.5, 0.6) is 0 Å². The van der Waals surface area contributed by atoms with Crippen molar-refractivity contribution in [2.75, 3.05) is 18.8 Å². The van der Waals surface area contributed by atoms with Crippen molar-refractivity contribution >= 4 is 23.6 Å². The van der Waals surface area contributed by atoms with Crippen molar-refractivity contribution in [3.63, 3.8) is 0 Å². The van der Waals surface area contributed by atoms with Crippen LogP contribution in [0.1, 0.15) is 25.3 Å². The van der Waals surface area contributed by atoms with E-state index in [2.05, 4.69) is 5.32 Å².